The lowest BCUT2D eigenvalue weighted by atomic mass is 9.87. The standard InChI is InChI=1S/C25H22ClF2NO6S/c1-13-19(33-17-4-2-3-14(9-17)24(30)31)8-6-18(29-13)23-15(10-22(26)36-23)12-32-16-5-7-20-21(11-16)35-25(27,28)34-20/h5-8,10-11,14,17H,2-4,9,12H2,1H3,(H,30,31)/t14-,17-/m0/s1. The van der Waals surface area contributed by atoms with Crippen LogP contribution in [0.4, 0.5) is 8.78 Å². The van der Waals surface area contributed by atoms with Gasteiger partial charge in [0.1, 0.15) is 18.1 Å². The van der Waals surface area contributed by atoms with Crippen LogP contribution in [0.1, 0.15) is 36.9 Å². The van der Waals surface area contributed by atoms with Gasteiger partial charge >= 0.3 is 12.3 Å². The minimum atomic E-state index is -3.69. The van der Waals surface area contributed by atoms with Crippen LogP contribution in [0.25, 0.3) is 10.6 Å². The first-order chi connectivity index (χ1) is 17.2. The maximum atomic E-state index is 13.3. The molecule has 0 saturated heterocycles. The summed E-state index contributed by atoms with van der Waals surface area (Å²) in [4.78, 5) is 16.8. The van der Waals surface area contributed by atoms with E-state index in [9.17, 15) is 18.7 Å². The van der Waals surface area contributed by atoms with Gasteiger partial charge in [-0.05, 0) is 62.9 Å². The van der Waals surface area contributed by atoms with Crippen LogP contribution in [0.2, 0.25) is 4.34 Å². The largest absolute Gasteiger partial charge is 0.586 e. The average molecular weight is 538 g/mol. The van der Waals surface area contributed by atoms with Crippen molar-refractivity contribution >= 4 is 28.9 Å². The SMILES string of the molecule is Cc1nc(-c2sc(Cl)cc2COc2ccc3c(c2)OC(F)(F)O3)ccc1O[C@H]1CCC[C@H](C(=O)O)C1. The molecule has 1 saturated carbocycles. The molecule has 3 heterocycles. The fraction of sp³-hybridized carbons (Fsp3) is 0.360. The normalized spacial score (nSPS) is 20.2. The zero-order valence-electron chi connectivity index (χ0n) is 19.1. The molecule has 2 aliphatic rings. The maximum Gasteiger partial charge on any atom is 0.586 e. The van der Waals surface area contributed by atoms with Gasteiger partial charge in [-0.1, -0.05) is 11.6 Å². The van der Waals surface area contributed by atoms with Crippen molar-refractivity contribution in [3.63, 3.8) is 0 Å². The van der Waals surface area contributed by atoms with Gasteiger partial charge in [-0.3, -0.25) is 4.79 Å². The highest BCUT2D eigenvalue weighted by Crippen LogP contribution is 2.43. The summed E-state index contributed by atoms with van der Waals surface area (Å²) in [5, 5.41) is 9.32. The number of fused-ring (bicyclic) bond motifs is 1. The Morgan fingerprint density at radius 1 is 1.22 bits per heavy atom. The van der Waals surface area contributed by atoms with Crippen molar-refractivity contribution in [1.29, 1.82) is 0 Å². The number of carbonyl (C=O) groups is 1. The predicted molar refractivity (Wildman–Crippen MR) is 128 cm³/mol. The highest BCUT2D eigenvalue weighted by Gasteiger charge is 2.43. The Morgan fingerprint density at radius 2 is 2.03 bits per heavy atom. The third kappa shape index (κ3) is 5.34. The number of halogens is 3. The van der Waals surface area contributed by atoms with E-state index >= 15 is 0 Å². The molecule has 0 spiro atoms. The molecule has 190 valence electrons. The Morgan fingerprint density at radius 3 is 2.81 bits per heavy atom. The number of aromatic nitrogens is 1. The fourth-order valence-electron chi connectivity index (χ4n) is 4.35. The van der Waals surface area contributed by atoms with Gasteiger partial charge in [0.15, 0.2) is 11.5 Å². The number of carboxylic acid groups (broad SMARTS) is 1. The van der Waals surface area contributed by atoms with Gasteiger partial charge in [-0.25, -0.2) is 4.98 Å². The van der Waals surface area contributed by atoms with Crippen molar-refractivity contribution in [1.82, 2.24) is 4.98 Å². The zero-order chi connectivity index (χ0) is 25.4. The zero-order valence-corrected chi connectivity index (χ0v) is 20.7. The van der Waals surface area contributed by atoms with Crippen LogP contribution in [-0.4, -0.2) is 28.5 Å². The van der Waals surface area contributed by atoms with E-state index in [0.29, 0.717) is 40.1 Å². The number of pyridine rings is 1. The molecule has 3 aromatic rings. The van der Waals surface area contributed by atoms with Crippen molar-refractivity contribution in [2.24, 2.45) is 5.92 Å². The molecule has 2 aromatic heterocycles. The predicted octanol–water partition coefficient (Wildman–Crippen LogP) is 6.69. The Labute approximate surface area is 214 Å². The number of hydrogen-bond donors (Lipinski definition) is 1. The summed E-state index contributed by atoms with van der Waals surface area (Å²) < 4.78 is 47.9. The molecule has 7 nitrogen and oxygen atoms in total. The number of rotatable bonds is 7. The molecule has 2 atom stereocenters. The Bertz CT molecular complexity index is 1300. The first kappa shape index (κ1) is 24.6. The molecule has 5 rings (SSSR count). The van der Waals surface area contributed by atoms with E-state index in [1.54, 1.807) is 6.07 Å². The van der Waals surface area contributed by atoms with Crippen LogP contribution in [0.3, 0.4) is 0 Å². The lowest BCUT2D eigenvalue weighted by molar-refractivity contribution is -0.286. The highest BCUT2D eigenvalue weighted by molar-refractivity contribution is 7.19. The van der Waals surface area contributed by atoms with E-state index in [1.807, 2.05) is 19.1 Å². The van der Waals surface area contributed by atoms with Gasteiger partial charge in [0.05, 0.1) is 32.6 Å². The van der Waals surface area contributed by atoms with E-state index in [1.165, 1.54) is 29.5 Å². The number of hydrogen-bond acceptors (Lipinski definition) is 7. The smallest absolute Gasteiger partial charge is 0.489 e. The molecule has 1 aliphatic carbocycles. The second-order valence-electron chi connectivity index (χ2n) is 8.69. The summed E-state index contributed by atoms with van der Waals surface area (Å²) in [6.45, 7) is 1.97. The number of alkyl halides is 2. The molecule has 1 aliphatic heterocycles. The van der Waals surface area contributed by atoms with Gasteiger partial charge in [0, 0.05) is 11.6 Å². The summed E-state index contributed by atoms with van der Waals surface area (Å²) in [6.07, 6.45) is -1.07. The van der Waals surface area contributed by atoms with Gasteiger partial charge in [-0.2, -0.15) is 0 Å². The Kier molecular flexibility index (Phi) is 6.65. The van der Waals surface area contributed by atoms with E-state index in [0.717, 1.165) is 23.3 Å². The molecule has 0 radical (unpaired) electrons. The number of benzene rings is 1. The van der Waals surface area contributed by atoms with Crippen LogP contribution >= 0.6 is 22.9 Å². The van der Waals surface area contributed by atoms with E-state index < -0.39 is 12.3 Å². The Balaban J connectivity index is 1.29. The van der Waals surface area contributed by atoms with Crippen LogP contribution in [-0.2, 0) is 11.4 Å². The van der Waals surface area contributed by atoms with Gasteiger partial charge in [0.25, 0.3) is 0 Å². The monoisotopic (exact) mass is 537 g/mol. The molecule has 0 bridgehead atoms. The molecule has 1 aromatic carbocycles. The molecule has 1 fully saturated rings. The van der Waals surface area contributed by atoms with Gasteiger partial charge in [0.2, 0.25) is 0 Å². The summed E-state index contributed by atoms with van der Waals surface area (Å²) in [5.41, 5.74) is 2.15. The van der Waals surface area contributed by atoms with Crippen molar-refractivity contribution in [3.05, 3.63) is 52.0 Å². The molecule has 0 unspecified atom stereocenters. The Hall–Kier alpha value is -3.11. The first-order valence-corrected chi connectivity index (χ1v) is 12.5. The molecule has 1 N–H and O–H groups in total. The third-order valence-corrected chi connectivity index (χ3v) is 7.41. The van der Waals surface area contributed by atoms with Crippen LogP contribution in [0.5, 0.6) is 23.0 Å². The van der Waals surface area contributed by atoms with E-state index in [4.69, 9.17) is 26.1 Å². The summed E-state index contributed by atoms with van der Waals surface area (Å²) in [5.74, 6) is -0.359. The molecular formula is C25H22ClF2NO6S. The topological polar surface area (TPSA) is 87.1 Å². The molecule has 0 amide bonds. The molecular weight excluding hydrogens is 516 g/mol. The number of ether oxygens (including phenoxy) is 4. The fourth-order valence-corrected chi connectivity index (χ4v) is 5.58. The minimum absolute atomic E-state index is 0.0553. The van der Waals surface area contributed by atoms with Crippen LogP contribution in [0.15, 0.2) is 36.4 Å². The van der Waals surface area contributed by atoms with Crippen molar-refractivity contribution < 1.29 is 37.6 Å². The summed E-state index contributed by atoms with van der Waals surface area (Å²) in [7, 11) is 0. The number of aryl methyl sites for hydroxylation is 1. The lowest BCUT2D eigenvalue weighted by Crippen LogP contribution is -2.29. The number of carboxylic acids is 1. The number of nitrogens with zero attached hydrogens (tertiary/aromatic N) is 1. The molecule has 11 heteroatoms. The van der Waals surface area contributed by atoms with Gasteiger partial charge in [-0.15, -0.1) is 20.1 Å². The van der Waals surface area contributed by atoms with Crippen LogP contribution in [0, 0.1) is 12.8 Å². The molecule has 36 heavy (non-hydrogen) atoms. The quantitative estimate of drug-likeness (QED) is 0.359. The first-order valence-electron chi connectivity index (χ1n) is 11.4. The van der Waals surface area contributed by atoms with Gasteiger partial charge < -0.3 is 24.1 Å². The van der Waals surface area contributed by atoms with Crippen LogP contribution < -0.4 is 18.9 Å². The summed E-state index contributed by atoms with van der Waals surface area (Å²) in [6, 6.07) is 9.66. The summed E-state index contributed by atoms with van der Waals surface area (Å²) >= 11 is 7.64. The van der Waals surface area contributed by atoms with Crippen molar-refractivity contribution in [3.8, 4) is 33.6 Å². The second-order valence-corrected chi connectivity index (χ2v) is 10.4. The van der Waals surface area contributed by atoms with E-state index in [-0.39, 0.29) is 30.1 Å². The van der Waals surface area contributed by atoms with E-state index in [2.05, 4.69) is 9.47 Å². The lowest BCUT2D eigenvalue weighted by Gasteiger charge is -2.27. The second kappa shape index (κ2) is 9.74. The number of aliphatic carboxylic acids is 1. The van der Waals surface area contributed by atoms with Crippen molar-refractivity contribution in [2.75, 3.05) is 0 Å². The van der Waals surface area contributed by atoms with Crippen molar-refractivity contribution in [2.45, 2.75) is 51.6 Å². The number of thiophene rings is 1. The highest BCUT2D eigenvalue weighted by atomic mass is 35.5. The third-order valence-electron chi connectivity index (χ3n) is 6.08. The maximum absolute atomic E-state index is 13.3. The minimum Gasteiger partial charge on any atom is -0.489 e. The average Bonchev–Trinajstić information content (AvgIpc) is 3.36.